The van der Waals surface area contributed by atoms with Crippen molar-refractivity contribution in [1.29, 1.82) is 0 Å². The van der Waals surface area contributed by atoms with Crippen LogP contribution in [0.25, 0.3) is 23.1 Å². The van der Waals surface area contributed by atoms with Crippen molar-refractivity contribution in [3.8, 4) is 11.3 Å². The first kappa shape index (κ1) is 29.1. The summed E-state index contributed by atoms with van der Waals surface area (Å²) in [5, 5.41) is 3.19. The number of carbonyl (C=O) groups excluding carboxylic acids is 1. The number of aromatic nitrogens is 2. The number of hydrogen-bond donors (Lipinski definition) is 2. The maximum atomic E-state index is 10.9. The van der Waals surface area contributed by atoms with Crippen LogP contribution in [0.5, 0.6) is 0 Å². The second-order valence-electron chi connectivity index (χ2n) is 8.89. The molecule has 2 aromatic heterocycles. The molecular weight excluding hydrogens is 620 g/mol. The predicted octanol–water partition coefficient (Wildman–Crippen LogP) is 6.61. The molecule has 4 rings (SSSR count). The standard InChI is InChI=1S/C17H19N3O.C11H17N3.W/c1-11(2)3-4-12-5-6-14(18)13(9-12)16-8-7-15(19)17(10-21)20-16;1-12-10-9-13-6-5-11(10)14-7-3-2-4-8-14;/h3-11H,1-2H3,(H4,18,19,20,21);5-6,9,12H,2-4,7-8H2,1H3;/p-1/b4-3-;;. The van der Waals surface area contributed by atoms with Crippen LogP contribution in [0.2, 0.25) is 0 Å². The molecule has 0 atom stereocenters. The molecule has 0 amide bonds. The van der Waals surface area contributed by atoms with Crippen LogP contribution in [0.4, 0.5) is 22.7 Å². The molecule has 1 saturated heterocycles. The molecule has 1 aliphatic heterocycles. The molecule has 0 spiro atoms. The van der Waals surface area contributed by atoms with Crippen molar-refractivity contribution >= 4 is 35.1 Å². The second kappa shape index (κ2) is 14.4. The topological polar surface area (TPSA) is 108 Å². The zero-order valence-corrected chi connectivity index (χ0v) is 24.1. The molecule has 0 saturated carbocycles. The van der Waals surface area contributed by atoms with Crippen LogP contribution in [-0.2, 0) is 21.1 Å². The molecule has 1 aliphatic rings. The number of aldehydes is 1. The number of pyridine rings is 2. The first-order valence-electron chi connectivity index (χ1n) is 12.1. The fourth-order valence-electron chi connectivity index (χ4n) is 3.90. The number of nitrogens with one attached hydrogen (secondary N) is 2. The van der Waals surface area contributed by atoms with Crippen molar-refractivity contribution in [1.82, 2.24) is 9.97 Å². The van der Waals surface area contributed by atoms with E-state index in [0.717, 1.165) is 11.3 Å². The SMILES string of the molecule is CC(C)/C=C\c1ccc([NH-])c(-c2ccc(N)c(C=O)n2)c1.CNc1cnccc1N1CCCCC1.[W]. The van der Waals surface area contributed by atoms with Crippen LogP contribution < -0.4 is 16.0 Å². The van der Waals surface area contributed by atoms with E-state index in [1.807, 2.05) is 37.7 Å². The molecular formula is C28H35N6OW-. The smallest absolute Gasteiger partial charge is 0.170 e. The molecule has 0 aliphatic carbocycles. The van der Waals surface area contributed by atoms with E-state index < -0.39 is 0 Å². The third-order valence-electron chi connectivity index (χ3n) is 5.83. The van der Waals surface area contributed by atoms with Gasteiger partial charge in [-0.3, -0.25) is 9.78 Å². The van der Waals surface area contributed by atoms with E-state index in [1.165, 1.54) is 38.0 Å². The summed E-state index contributed by atoms with van der Waals surface area (Å²) in [5.74, 6) is 0.459. The van der Waals surface area contributed by atoms with Gasteiger partial charge >= 0.3 is 0 Å². The van der Waals surface area contributed by atoms with Crippen LogP contribution in [-0.4, -0.2) is 36.4 Å². The summed E-state index contributed by atoms with van der Waals surface area (Å²) < 4.78 is 0. The number of nitrogens with zero attached hydrogens (tertiary/aromatic N) is 3. The first-order chi connectivity index (χ1) is 16.9. The predicted molar refractivity (Wildman–Crippen MR) is 147 cm³/mol. The summed E-state index contributed by atoms with van der Waals surface area (Å²) in [5.41, 5.74) is 19.3. The fourth-order valence-corrected chi connectivity index (χ4v) is 3.90. The van der Waals surface area contributed by atoms with E-state index in [-0.39, 0.29) is 26.8 Å². The molecule has 3 aromatic rings. The normalized spacial score (nSPS) is 13.1. The van der Waals surface area contributed by atoms with Gasteiger partial charge in [0.05, 0.1) is 29.0 Å². The Hall–Kier alpha value is -3.18. The van der Waals surface area contributed by atoms with Crippen molar-refractivity contribution in [2.45, 2.75) is 33.1 Å². The Bertz CT molecular complexity index is 1160. The Kier molecular flexibility index (Phi) is 11.6. The minimum atomic E-state index is 0. The van der Waals surface area contributed by atoms with Crippen molar-refractivity contribution < 1.29 is 25.9 Å². The fraction of sp³-hybridized carbons (Fsp3) is 0.321. The molecule has 190 valence electrons. The Morgan fingerprint density at radius 3 is 2.53 bits per heavy atom. The van der Waals surface area contributed by atoms with Crippen molar-refractivity contribution in [3.05, 3.63) is 71.9 Å². The van der Waals surface area contributed by atoms with Gasteiger partial charge in [0.15, 0.2) is 6.29 Å². The van der Waals surface area contributed by atoms with Gasteiger partial charge in [-0.2, -0.15) is 0 Å². The molecule has 4 N–H and O–H groups in total. The van der Waals surface area contributed by atoms with E-state index in [0.29, 0.717) is 34.8 Å². The molecule has 0 unspecified atom stereocenters. The minimum absolute atomic E-state index is 0. The van der Waals surface area contributed by atoms with Gasteiger partial charge in [-0.15, -0.1) is 5.69 Å². The van der Waals surface area contributed by atoms with Gasteiger partial charge in [0.2, 0.25) is 0 Å². The van der Waals surface area contributed by atoms with Gasteiger partial charge in [0, 0.05) is 47.4 Å². The van der Waals surface area contributed by atoms with Gasteiger partial charge in [-0.05, 0) is 60.6 Å². The van der Waals surface area contributed by atoms with E-state index in [2.05, 4.69) is 46.2 Å². The van der Waals surface area contributed by atoms with Gasteiger partial charge in [-0.1, -0.05) is 38.1 Å². The zero-order valence-electron chi connectivity index (χ0n) is 21.2. The number of allylic oxidation sites excluding steroid dienone is 1. The Morgan fingerprint density at radius 2 is 1.86 bits per heavy atom. The molecule has 1 fully saturated rings. The zero-order chi connectivity index (χ0) is 25.2. The molecule has 1 aromatic carbocycles. The number of benzene rings is 1. The van der Waals surface area contributed by atoms with E-state index >= 15 is 0 Å². The third-order valence-corrected chi connectivity index (χ3v) is 5.83. The molecule has 8 heteroatoms. The summed E-state index contributed by atoms with van der Waals surface area (Å²) in [7, 11) is 1.95. The number of anilines is 3. The largest absolute Gasteiger partial charge is 0.698 e. The first-order valence-corrected chi connectivity index (χ1v) is 12.1. The van der Waals surface area contributed by atoms with Crippen LogP contribution >= 0.6 is 0 Å². The monoisotopic (exact) mass is 655 g/mol. The maximum absolute atomic E-state index is 10.9. The average Bonchev–Trinajstić information content (AvgIpc) is 2.89. The van der Waals surface area contributed by atoms with E-state index in [4.69, 9.17) is 11.5 Å². The van der Waals surface area contributed by atoms with Gasteiger partial charge in [0.1, 0.15) is 5.69 Å². The summed E-state index contributed by atoms with van der Waals surface area (Å²) in [6, 6.07) is 11.0. The van der Waals surface area contributed by atoms with Gasteiger partial charge in [-0.25, -0.2) is 4.98 Å². The molecule has 3 heterocycles. The number of piperidine rings is 1. The van der Waals surface area contributed by atoms with Gasteiger partial charge < -0.3 is 21.7 Å². The molecule has 0 radical (unpaired) electrons. The van der Waals surface area contributed by atoms with E-state index in [9.17, 15) is 4.79 Å². The van der Waals surface area contributed by atoms with Crippen LogP contribution in [0.3, 0.4) is 0 Å². The summed E-state index contributed by atoms with van der Waals surface area (Å²) >= 11 is 0. The van der Waals surface area contributed by atoms with Crippen LogP contribution in [0.1, 0.15) is 49.2 Å². The van der Waals surface area contributed by atoms with E-state index in [1.54, 1.807) is 18.2 Å². The second-order valence-corrected chi connectivity index (χ2v) is 8.89. The Balaban J connectivity index is 0.000000265. The third kappa shape index (κ3) is 7.92. The molecule has 36 heavy (non-hydrogen) atoms. The number of nitrogens with two attached hydrogens (primary N) is 1. The molecule has 7 nitrogen and oxygen atoms in total. The summed E-state index contributed by atoms with van der Waals surface area (Å²) in [6.07, 6.45) is 12.5. The maximum Gasteiger partial charge on any atom is 0.170 e. The van der Waals surface area contributed by atoms with Crippen LogP contribution in [0.15, 0.2) is 54.9 Å². The molecule has 0 bridgehead atoms. The Labute approximate surface area is 228 Å². The summed E-state index contributed by atoms with van der Waals surface area (Å²) in [6.45, 7) is 6.57. The minimum Gasteiger partial charge on any atom is -0.698 e. The number of carbonyl (C=O) groups is 1. The van der Waals surface area contributed by atoms with Crippen molar-refractivity contribution in [2.75, 3.05) is 36.1 Å². The number of rotatable bonds is 6. The van der Waals surface area contributed by atoms with Gasteiger partial charge in [0.25, 0.3) is 0 Å². The van der Waals surface area contributed by atoms with Crippen molar-refractivity contribution in [2.24, 2.45) is 5.92 Å². The average molecular weight is 655 g/mol. The summed E-state index contributed by atoms with van der Waals surface area (Å²) in [4.78, 5) is 21.7. The number of hydrogen-bond acceptors (Lipinski definition) is 6. The van der Waals surface area contributed by atoms with Crippen LogP contribution in [0, 0.1) is 5.92 Å². The number of nitrogen functional groups attached to an aromatic ring is 1. The Morgan fingerprint density at radius 1 is 1.11 bits per heavy atom. The van der Waals surface area contributed by atoms with Crippen molar-refractivity contribution in [3.63, 3.8) is 0 Å². The quantitative estimate of drug-likeness (QED) is 0.290.